The minimum Gasteiger partial charge on any atom is -0.444 e. The predicted molar refractivity (Wildman–Crippen MR) is 119 cm³/mol. The van der Waals surface area contributed by atoms with Gasteiger partial charge < -0.3 is 20.5 Å². The highest BCUT2D eigenvalue weighted by Crippen LogP contribution is 2.44. The number of halogens is 10. The lowest BCUT2D eigenvalue weighted by Gasteiger charge is -2.32. The van der Waals surface area contributed by atoms with Gasteiger partial charge in [0.1, 0.15) is 5.60 Å². The summed E-state index contributed by atoms with van der Waals surface area (Å²) in [6, 6.07) is 2.84. The van der Waals surface area contributed by atoms with Gasteiger partial charge in [-0.1, -0.05) is 17.7 Å². The molecule has 0 fully saturated rings. The molecule has 0 aliphatic rings. The molecule has 2 aromatic rings. The number of aliphatic hydroxyl groups is 1. The summed E-state index contributed by atoms with van der Waals surface area (Å²) < 4.78 is 126. The summed E-state index contributed by atoms with van der Waals surface area (Å²) >= 11 is 6.08. The number of benzene rings is 2. The SMILES string of the molecule is CC(C)(C)OC(=O)NCc1ccc(NC[C@](O)(c2cc(C(F)(F)F)cc(C(F)(F)F)c2)C(F)(F)F)cc1Cl. The van der Waals surface area contributed by atoms with Crippen LogP contribution in [0.5, 0.6) is 0 Å². The van der Waals surface area contributed by atoms with Crippen molar-refractivity contribution in [2.75, 3.05) is 11.9 Å². The van der Waals surface area contributed by atoms with Gasteiger partial charge >= 0.3 is 24.6 Å². The second-order valence-electron chi connectivity index (χ2n) is 9.17. The van der Waals surface area contributed by atoms with Crippen LogP contribution >= 0.6 is 11.6 Å². The van der Waals surface area contributed by atoms with Gasteiger partial charge in [-0.3, -0.25) is 0 Å². The standard InChI is InChI=1S/C23H22ClF9N2O3/c1-19(2,3)38-18(36)34-10-12-4-5-16(9-17(12)24)35-11-20(37,23(31,32)33)13-6-14(21(25,26)27)8-15(7-13)22(28,29)30/h4-9,35,37H,10-11H2,1-3H3,(H,34,36)/t20-/m0/s1. The Morgan fingerprint density at radius 2 is 1.37 bits per heavy atom. The molecule has 0 heterocycles. The fraction of sp³-hybridized carbons (Fsp3) is 0.435. The van der Waals surface area contributed by atoms with Crippen molar-refractivity contribution in [2.24, 2.45) is 0 Å². The van der Waals surface area contributed by atoms with E-state index in [0.717, 1.165) is 6.07 Å². The summed E-state index contributed by atoms with van der Waals surface area (Å²) in [5.41, 5.74) is -10.5. The average molecular weight is 581 g/mol. The maximum Gasteiger partial charge on any atom is 0.423 e. The Balaban J connectivity index is 2.34. The maximum absolute atomic E-state index is 13.9. The molecular weight excluding hydrogens is 559 g/mol. The fourth-order valence-corrected chi connectivity index (χ4v) is 3.32. The van der Waals surface area contributed by atoms with E-state index in [2.05, 4.69) is 10.6 Å². The molecule has 1 amide bonds. The van der Waals surface area contributed by atoms with E-state index in [1.165, 1.54) is 12.1 Å². The number of anilines is 1. The second kappa shape index (κ2) is 10.7. The zero-order valence-electron chi connectivity index (χ0n) is 19.9. The number of hydrogen-bond acceptors (Lipinski definition) is 4. The second-order valence-corrected chi connectivity index (χ2v) is 9.57. The third-order valence-electron chi connectivity index (χ3n) is 4.96. The van der Waals surface area contributed by atoms with E-state index in [4.69, 9.17) is 16.3 Å². The van der Waals surface area contributed by atoms with E-state index in [1.807, 2.05) is 0 Å². The number of hydrogen-bond donors (Lipinski definition) is 3. The van der Waals surface area contributed by atoms with Gasteiger partial charge in [-0.25, -0.2) is 4.79 Å². The third-order valence-corrected chi connectivity index (χ3v) is 5.31. The molecular formula is C23H22ClF9N2O3. The monoisotopic (exact) mass is 580 g/mol. The molecule has 15 heteroatoms. The number of rotatable bonds is 6. The molecule has 0 unspecified atom stereocenters. The van der Waals surface area contributed by atoms with Crippen molar-refractivity contribution in [1.29, 1.82) is 0 Å². The van der Waals surface area contributed by atoms with E-state index in [1.54, 1.807) is 20.8 Å². The highest BCUT2D eigenvalue weighted by Gasteiger charge is 2.56. The third kappa shape index (κ3) is 8.06. The van der Waals surface area contributed by atoms with Gasteiger partial charge in [-0.15, -0.1) is 0 Å². The average Bonchev–Trinajstić information content (AvgIpc) is 2.73. The lowest BCUT2D eigenvalue weighted by atomic mass is 9.89. The Morgan fingerprint density at radius 3 is 1.79 bits per heavy atom. The number of carbonyl (C=O) groups excluding carboxylic acids is 1. The van der Waals surface area contributed by atoms with Crippen LogP contribution in [0, 0.1) is 0 Å². The van der Waals surface area contributed by atoms with Crippen molar-refractivity contribution in [2.45, 2.75) is 57.0 Å². The molecule has 0 bridgehead atoms. The molecule has 38 heavy (non-hydrogen) atoms. The molecule has 0 aliphatic carbocycles. The summed E-state index contributed by atoms with van der Waals surface area (Å²) in [7, 11) is 0. The molecule has 3 N–H and O–H groups in total. The minimum absolute atomic E-state index is 0.0555. The predicted octanol–water partition coefficient (Wildman–Crippen LogP) is 7.26. The smallest absolute Gasteiger partial charge is 0.423 e. The van der Waals surface area contributed by atoms with Crippen molar-refractivity contribution in [1.82, 2.24) is 5.32 Å². The molecule has 5 nitrogen and oxygen atoms in total. The van der Waals surface area contributed by atoms with E-state index in [9.17, 15) is 49.4 Å². The number of carbonyl (C=O) groups is 1. The molecule has 0 aromatic heterocycles. The van der Waals surface area contributed by atoms with Crippen LogP contribution < -0.4 is 10.6 Å². The number of amides is 1. The summed E-state index contributed by atoms with van der Waals surface area (Å²) in [6.07, 6.45) is -17.3. The quantitative estimate of drug-likeness (QED) is 0.315. The maximum atomic E-state index is 13.9. The first kappa shape index (κ1) is 31.3. The van der Waals surface area contributed by atoms with Gasteiger partial charge in [-0.05, 0) is 62.2 Å². The van der Waals surface area contributed by atoms with Crippen LogP contribution in [0.4, 0.5) is 50.0 Å². The van der Waals surface area contributed by atoms with Gasteiger partial charge in [-0.2, -0.15) is 39.5 Å². The zero-order chi connectivity index (χ0) is 29.3. The van der Waals surface area contributed by atoms with Crippen LogP contribution in [0.1, 0.15) is 43.0 Å². The molecule has 212 valence electrons. The molecule has 0 radical (unpaired) electrons. The Morgan fingerprint density at radius 1 is 0.868 bits per heavy atom. The van der Waals surface area contributed by atoms with Crippen molar-refractivity contribution < 1.29 is 54.2 Å². The van der Waals surface area contributed by atoms with Gasteiger partial charge in [0, 0.05) is 17.3 Å². The number of alkyl carbamates (subject to hydrolysis) is 1. The molecule has 0 saturated carbocycles. The number of ether oxygens (including phenoxy) is 1. The summed E-state index contributed by atoms with van der Waals surface area (Å²) in [6.45, 7) is 3.20. The number of nitrogens with one attached hydrogen (secondary N) is 2. The Kier molecular flexibility index (Phi) is 8.84. The lowest BCUT2D eigenvalue weighted by Crippen LogP contribution is -2.48. The van der Waals surface area contributed by atoms with Crippen molar-refractivity contribution in [3.8, 4) is 0 Å². The van der Waals surface area contributed by atoms with Gasteiger partial charge in [0.2, 0.25) is 5.60 Å². The van der Waals surface area contributed by atoms with E-state index in [0.29, 0.717) is 5.56 Å². The summed E-state index contributed by atoms with van der Waals surface area (Å²) in [5, 5.41) is 14.9. The highest BCUT2D eigenvalue weighted by atomic mass is 35.5. The molecule has 0 spiro atoms. The van der Waals surface area contributed by atoms with Crippen LogP contribution in [0.3, 0.4) is 0 Å². The normalized spacial score (nSPS) is 14.6. The van der Waals surface area contributed by atoms with Gasteiger partial charge in [0.05, 0.1) is 17.7 Å². The molecule has 1 atom stereocenters. The highest BCUT2D eigenvalue weighted by molar-refractivity contribution is 6.31. The summed E-state index contributed by atoms with van der Waals surface area (Å²) in [5.74, 6) is 0. The molecule has 0 aliphatic heterocycles. The fourth-order valence-electron chi connectivity index (χ4n) is 3.07. The van der Waals surface area contributed by atoms with Crippen LogP contribution in [0.25, 0.3) is 0 Å². The van der Waals surface area contributed by atoms with Crippen molar-refractivity contribution in [3.05, 3.63) is 63.7 Å². The first-order valence-corrected chi connectivity index (χ1v) is 11.0. The molecule has 0 saturated heterocycles. The zero-order valence-corrected chi connectivity index (χ0v) is 20.7. The van der Waals surface area contributed by atoms with Crippen LogP contribution in [0.15, 0.2) is 36.4 Å². The topological polar surface area (TPSA) is 70.6 Å². The van der Waals surface area contributed by atoms with Crippen molar-refractivity contribution in [3.63, 3.8) is 0 Å². The Hall–Kier alpha value is -2.87. The Labute approximate surface area is 215 Å². The van der Waals surface area contributed by atoms with Crippen LogP contribution in [0.2, 0.25) is 5.02 Å². The Bertz CT molecular complexity index is 1130. The minimum atomic E-state index is -5.69. The van der Waals surface area contributed by atoms with Crippen LogP contribution in [-0.2, 0) is 29.2 Å². The van der Waals surface area contributed by atoms with E-state index >= 15 is 0 Å². The van der Waals surface area contributed by atoms with E-state index < -0.39 is 59.1 Å². The van der Waals surface area contributed by atoms with Crippen LogP contribution in [-0.4, -0.2) is 29.5 Å². The first-order chi connectivity index (χ1) is 17.0. The first-order valence-electron chi connectivity index (χ1n) is 10.6. The van der Waals surface area contributed by atoms with Crippen molar-refractivity contribution >= 4 is 23.4 Å². The molecule has 2 rings (SSSR count). The van der Waals surface area contributed by atoms with Gasteiger partial charge in [0.15, 0.2) is 0 Å². The number of alkyl halides is 9. The van der Waals surface area contributed by atoms with E-state index in [-0.39, 0.29) is 35.5 Å². The lowest BCUT2D eigenvalue weighted by molar-refractivity contribution is -0.261. The largest absolute Gasteiger partial charge is 0.444 e. The molecule has 2 aromatic carbocycles. The van der Waals surface area contributed by atoms with Gasteiger partial charge in [0.25, 0.3) is 0 Å². The summed E-state index contributed by atoms with van der Waals surface area (Å²) in [4.78, 5) is 11.8.